The van der Waals surface area contributed by atoms with Crippen molar-refractivity contribution in [3.05, 3.63) is 0 Å². The molecule has 0 spiro atoms. The highest BCUT2D eigenvalue weighted by atomic mass is 31.1. The highest BCUT2D eigenvalue weighted by Gasteiger charge is 2.10. The van der Waals surface area contributed by atoms with Crippen LogP contribution in [-0.2, 0) is 23.7 Å². The standard InChI is InChI=1S/C18H41NO5P2/c1-20-17(21-2)8-14-25-12-5-6-16(24-11-10-19)7-13-26-15-9-18(22-3)23-4/h16-18,25-26H,5-15,19H2,1-4H3. The average Bonchev–Trinajstić information content (AvgIpc) is 2.67. The third-order valence-electron chi connectivity index (χ3n) is 4.16. The van der Waals surface area contributed by atoms with Crippen LogP contribution in [0.5, 0.6) is 0 Å². The summed E-state index contributed by atoms with van der Waals surface area (Å²) in [6, 6.07) is 0. The van der Waals surface area contributed by atoms with E-state index in [1.165, 1.54) is 24.9 Å². The normalized spacial score (nSPS) is 14.0. The van der Waals surface area contributed by atoms with Crippen LogP contribution in [0.1, 0.15) is 32.1 Å². The number of hydrogen-bond donors (Lipinski definition) is 1. The van der Waals surface area contributed by atoms with Crippen LogP contribution in [0.4, 0.5) is 0 Å². The van der Waals surface area contributed by atoms with Crippen LogP contribution in [0.3, 0.4) is 0 Å². The second-order valence-electron chi connectivity index (χ2n) is 6.09. The molecule has 0 aliphatic carbocycles. The average molecular weight is 413 g/mol. The van der Waals surface area contributed by atoms with Gasteiger partial charge in [0.05, 0.1) is 12.7 Å². The molecule has 0 aliphatic heterocycles. The SMILES string of the molecule is COC(CCPCCCC(CCPCCC(OC)OC)OCCN)OC. The van der Waals surface area contributed by atoms with E-state index in [4.69, 9.17) is 29.4 Å². The third kappa shape index (κ3) is 15.7. The second-order valence-corrected chi connectivity index (χ2v) is 9.09. The number of methoxy groups -OCH3 is 4. The Bertz CT molecular complexity index is 282. The van der Waals surface area contributed by atoms with E-state index >= 15 is 0 Å². The van der Waals surface area contributed by atoms with E-state index in [1.807, 2.05) is 0 Å². The highest BCUT2D eigenvalue weighted by molar-refractivity contribution is 7.38. The summed E-state index contributed by atoms with van der Waals surface area (Å²) in [5.74, 6) is 0. The van der Waals surface area contributed by atoms with E-state index in [9.17, 15) is 0 Å². The van der Waals surface area contributed by atoms with Gasteiger partial charge in [-0.3, -0.25) is 0 Å². The number of ether oxygens (including phenoxy) is 5. The lowest BCUT2D eigenvalue weighted by Crippen LogP contribution is -2.19. The molecular formula is C18H41NO5P2. The highest BCUT2D eigenvalue weighted by Crippen LogP contribution is 2.21. The summed E-state index contributed by atoms with van der Waals surface area (Å²) < 4.78 is 26.8. The summed E-state index contributed by atoms with van der Waals surface area (Å²) in [5.41, 5.74) is 5.59. The van der Waals surface area contributed by atoms with Crippen molar-refractivity contribution in [3.8, 4) is 0 Å². The Hall–Kier alpha value is 0.620. The smallest absolute Gasteiger partial charge is 0.157 e. The van der Waals surface area contributed by atoms with Crippen LogP contribution < -0.4 is 5.73 Å². The van der Waals surface area contributed by atoms with Gasteiger partial charge >= 0.3 is 0 Å². The van der Waals surface area contributed by atoms with E-state index in [0.717, 1.165) is 49.0 Å². The fraction of sp³-hybridized carbons (Fsp3) is 1.00. The molecule has 6 nitrogen and oxygen atoms in total. The maximum Gasteiger partial charge on any atom is 0.157 e. The summed E-state index contributed by atoms with van der Waals surface area (Å²) >= 11 is 0. The van der Waals surface area contributed by atoms with Crippen LogP contribution >= 0.6 is 17.2 Å². The number of nitrogens with two attached hydrogens (primary N) is 1. The van der Waals surface area contributed by atoms with Gasteiger partial charge < -0.3 is 29.4 Å². The predicted octanol–water partition coefficient (Wildman–Crippen LogP) is 2.88. The second kappa shape index (κ2) is 20.4. The Labute approximate surface area is 164 Å². The first-order valence-electron chi connectivity index (χ1n) is 9.56. The van der Waals surface area contributed by atoms with Gasteiger partial charge in [0.1, 0.15) is 0 Å². The van der Waals surface area contributed by atoms with Crippen molar-refractivity contribution in [3.63, 3.8) is 0 Å². The maximum absolute atomic E-state index is 5.93. The molecule has 0 aliphatic rings. The van der Waals surface area contributed by atoms with Gasteiger partial charge in [-0.15, -0.1) is 17.2 Å². The Morgan fingerprint density at radius 3 is 1.69 bits per heavy atom. The van der Waals surface area contributed by atoms with Crippen LogP contribution in [-0.4, -0.2) is 84.9 Å². The predicted molar refractivity (Wildman–Crippen MR) is 114 cm³/mol. The first-order chi connectivity index (χ1) is 12.7. The lowest BCUT2D eigenvalue weighted by Gasteiger charge is -2.18. The van der Waals surface area contributed by atoms with Crippen LogP contribution in [0.25, 0.3) is 0 Å². The molecule has 158 valence electrons. The molecule has 0 aromatic rings. The van der Waals surface area contributed by atoms with Gasteiger partial charge in [0.2, 0.25) is 0 Å². The van der Waals surface area contributed by atoms with Crippen molar-refractivity contribution in [1.29, 1.82) is 0 Å². The fourth-order valence-corrected chi connectivity index (χ4v) is 4.98. The molecule has 3 unspecified atom stereocenters. The molecule has 0 heterocycles. The number of rotatable bonds is 20. The zero-order valence-electron chi connectivity index (χ0n) is 17.1. The van der Waals surface area contributed by atoms with Crippen molar-refractivity contribution in [2.75, 3.05) is 66.2 Å². The Balaban J connectivity index is 3.77. The minimum atomic E-state index is -0.0661. The van der Waals surface area contributed by atoms with E-state index < -0.39 is 0 Å². The first-order valence-corrected chi connectivity index (χ1v) is 12.4. The summed E-state index contributed by atoms with van der Waals surface area (Å²) in [6.45, 7) is 1.26. The van der Waals surface area contributed by atoms with Gasteiger partial charge in [-0.05, 0) is 43.9 Å². The molecule has 0 aromatic carbocycles. The molecule has 0 bridgehead atoms. The zero-order chi connectivity index (χ0) is 19.5. The monoisotopic (exact) mass is 413 g/mol. The van der Waals surface area contributed by atoms with Crippen molar-refractivity contribution in [1.82, 2.24) is 0 Å². The number of hydrogen-bond acceptors (Lipinski definition) is 6. The van der Waals surface area contributed by atoms with Gasteiger partial charge in [-0.1, -0.05) is 0 Å². The molecule has 0 saturated carbocycles. The molecule has 0 amide bonds. The largest absolute Gasteiger partial charge is 0.377 e. The van der Waals surface area contributed by atoms with Crippen LogP contribution in [0.2, 0.25) is 0 Å². The molecule has 3 atom stereocenters. The molecule has 0 fully saturated rings. The van der Waals surface area contributed by atoms with Crippen molar-refractivity contribution >= 4 is 17.2 Å². The van der Waals surface area contributed by atoms with E-state index in [2.05, 4.69) is 0 Å². The maximum atomic E-state index is 5.93. The topological polar surface area (TPSA) is 72.2 Å². The van der Waals surface area contributed by atoms with Crippen molar-refractivity contribution in [2.24, 2.45) is 5.73 Å². The Morgan fingerprint density at radius 2 is 1.19 bits per heavy atom. The third-order valence-corrected chi connectivity index (χ3v) is 6.79. The quantitative estimate of drug-likeness (QED) is 0.188. The van der Waals surface area contributed by atoms with Gasteiger partial charge in [0.25, 0.3) is 0 Å². The molecule has 0 radical (unpaired) electrons. The summed E-state index contributed by atoms with van der Waals surface area (Å²) in [4.78, 5) is 0. The van der Waals surface area contributed by atoms with Crippen molar-refractivity contribution in [2.45, 2.75) is 50.8 Å². The van der Waals surface area contributed by atoms with Gasteiger partial charge in [-0.25, -0.2) is 0 Å². The van der Waals surface area contributed by atoms with E-state index in [1.54, 1.807) is 28.4 Å². The Kier molecular flexibility index (Phi) is 20.8. The van der Waals surface area contributed by atoms with Gasteiger partial charge in [0, 0.05) is 47.8 Å². The minimum absolute atomic E-state index is 0.0556. The zero-order valence-corrected chi connectivity index (χ0v) is 19.1. The summed E-state index contributed by atoms with van der Waals surface area (Å²) in [5, 5.41) is 0. The minimum Gasteiger partial charge on any atom is -0.377 e. The van der Waals surface area contributed by atoms with Crippen LogP contribution in [0, 0.1) is 0 Å². The lowest BCUT2D eigenvalue weighted by atomic mass is 10.1. The van der Waals surface area contributed by atoms with Gasteiger partial charge in [-0.2, -0.15) is 0 Å². The van der Waals surface area contributed by atoms with Crippen molar-refractivity contribution < 1.29 is 23.7 Å². The van der Waals surface area contributed by atoms with Crippen LogP contribution in [0.15, 0.2) is 0 Å². The molecule has 26 heavy (non-hydrogen) atoms. The summed E-state index contributed by atoms with van der Waals surface area (Å²) in [6.07, 6.45) is 10.4. The molecule has 0 rings (SSSR count). The van der Waals surface area contributed by atoms with E-state index in [-0.39, 0.29) is 12.6 Å². The van der Waals surface area contributed by atoms with E-state index in [0.29, 0.717) is 19.3 Å². The fourth-order valence-electron chi connectivity index (χ4n) is 2.62. The molecule has 8 heteroatoms. The first kappa shape index (κ1) is 26.6. The van der Waals surface area contributed by atoms with Gasteiger partial charge in [0.15, 0.2) is 12.6 Å². The lowest BCUT2D eigenvalue weighted by molar-refractivity contribution is -0.102. The summed E-state index contributed by atoms with van der Waals surface area (Å²) in [7, 11) is 8.68. The Morgan fingerprint density at radius 1 is 0.692 bits per heavy atom. The molecule has 2 N–H and O–H groups in total. The molecular weight excluding hydrogens is 372 g/mol. The molecule has 0 aromatic heterocycles. The molecule has 0 saturated heterocycles.